The molecule has 0 unspecified atom stereocenters. The van der Waals surface area contributed by atoms with Crippen LogP contribution in [0.2, 0.25) is 0 Å². The second-order valence-electron chi connectivity index (χ2n) is 6.16. The normalized spacial score (nSPS) is 25.8. The Balaban J connectivity index is 1.53. The largest absolute Gasteiger partial charge is 0.393 e. The summed E-state index contributed by atoms with van der Waals surface area (Å²) in [5.41, 5.74) is 2.13. The van der Waals surface area contributed by atoms with Gasteiger partial charge >= 0.3 is 6.03 Å². The second-order valence-corrected chi connectivity index (χ2v) is 8.88. The number of benzene rings is 1. The second kappa shape index (κ2) is 8.31. The molecule has 126 valence electrons. The van der Waals surface area contributed by atoms with Crippen molar-refractivity contribution in [1.29, 1.82) is 0 Å². The lowest BCUT2D eigenvalue weighted by Gasteiger charge is -2.26. The highest BCUT2D eigenvalue weighted by Gasteiger charge is 2.21. The average molecular weight is 353 g/mol. The Kier molecular flexibility index (Phi) is 6.14. The van der Waals surface area contributed by atoms with Crippen molar-refractivity contribution in [2.75, 3.05) is 16.8 Å². The summed E-state index contributed by atoms with van der Waals surface area (Å²) in [6.45, 7) is 0. The van der Waals surface area contributed by atoms with Gasteiger partial charge in [-0.1, -0.05) is 12.1 Å². The Labute approximate surface area is 146 Å². The molecule has 6 heteroatoms. The zero-order chi connectivity index (χ0) is 16.1. The van der Waals surface area contributed by atoms with Crippen LogP contribution in [0.25, 0.3) is 0 Å². The molecule has 3 rings (SSSR count). The Morgan fingerprint density at radius 2 is 1.87 bits per heavy atom. The van der Waals surface area contributed by atoms with Crippen LogP contribution in [0.1, 0.15) is 42.2 Å². The highest BCUT2D eigenvalue weighted by atomic mass is 32.2. The molecule has 2 amide bonds. The molecule has 3 N–H and O–H groups in total. The maximum atomic E-state index is 12.2. The molecule has 2 aliphatic rings. The number of hydrogen-bond donors (Lipinski definition) is 3. The van der Waals surface area contributed by atoms with Crippen LogP contribution < -0.4 is 10.6 Å². The van der Waals surface area contributed by atoms with Gasteiger partial charge in [0, 0.05) is 11.7 Å². The number of thioether (sulfide) groups is 2. The van der Waals surface area contributed by atoms with Crippen LogP contribution in [0.15, 0.2) is 24.3 Å². The summed E-state index contributed by atoms with van der Waals surface area (Å²) in [7, 11) is 0. The number of rotatable bonds is 3. The summed E-state index contributed by atoms with van der Waals surface area (Å²) in [5, 5.41) is 15.5. The molecule has 4 nitrogen and oxygen atoms in total. The van der Waals surface area contributed by atoms with Gasteiger partial charge in [0.1, 0.15) is 0 Å². The minimum atomic E-state index is -0.196. The van der Waals surface area contributed by atoms with Crippen LogP contribution in [0.4, 0.5) is 10.5 Å². The molecular formula is C17H24N2O2S2. The first kappa shape index (κ1) is 17.0. The number of amides is 2. The van der Waals surface area contributed by atoms with Gasteiger partial charge in [-0.05, 0) is 61.3 Å². The van der Waals surface area contributed by atoms with Crippen LogP contribution in [0.3, 0.4) is 0 Å². The molecule has 0 spiro atoms. The SMILES string of the molecule is O=C(Nc1cccc(C2SCCCS2)c1)NC1CCC(O)CC1. The zero-order valence-corrected chi connectivity index (χ0v) is 14.8. The van der Waals surface area contributed by atoms with Crippen LogP contribution >= 0.6 is 23.5 Å². The van der Waals surface area contributed by atoms with E-state index >= 15 is 0 Å². The third kappa shape index (κ3) is 5.06. The number of carbonyl (C=O) groups is 1. The first-order valence-electron chi connectivity index (χ1n) is 8.29. The predicted octanol–water partition coefficient (Wildman–Crippen LogP) is 3.98. The Morgan fingerprint density at radius 3 is 2.61 bits per heavy atom. The molecule has 1 aliphatic carbocycles. The monoisotopic (exact) mass is 352 g/mol. The number of aliphatic hydroxyl groups is 1. The Morgan fingerprint density at radius 1 is 1.13 bits per heavy atom. The molecule has 0 aromatic heterocycles. The number of anilines is 1. The summed E-state index contributed by atoms with van der Waals surface area (Å²) >= 11 is 3.97. The van der Waals surface area contributed by atoms with Gasteiger partial charge < -0.3 is 15.7 Å². The number of nitrogens with one attached hydrogen (secondary N) is 2. The minimum Gasteiger partial charge on any atom is -0.393 e. The summed E-state index contributed by atoms with van der Waals surface area (Å²) in [6.07, 6.45) is 4.34. The molecule has 0 radical (unpaired) electrons. The summed E-state index contributed by atoms with van der Waals surface area (Å²) in [4.78, 5) is 12.2. The molecule has 0 atom stereocenters. The smallest absolute Gasteiger partial charge is 0.319 e. The van der Waals surface area contributed by atoms with E-state index in [4.69, 9.17) is 0 Å². The standard InChI is InChI=1S/C17H24N2O2S2/c20-15-7-5-13(6-8-15)18-17(21)19-14-4-1-3-12(11-14)16-22-9-2-10-23-16/h1,3-4,11,13,15-16,20H,2,5-10H2,(H2,18,19,21). The number of hydrogen-bond acceptors (Lipinski definition) is 4. The van der Waals surface area contributed by atoms with Crippen molar-refractivity contribution < 1.29 is 9.90 Å². The van der Waals surface area contributed by atoms with E-state index in [1.165, 1.54) is 23.5 Å². The fourth-order valence-corrected chi connectivity index (χ4v) is 5.89. The average Bonchev–Trinajstić information content (AvgIpc) is 2.58. The van der Waals surface area contributed by atoms with Crippen molar-refractivity contribution in [3.63, 3.8) is 0 Å². The van der Waals surface area contributed by atoms with Crippen molar-refractivity contribution in [1.82, 2.24) is 5.32 Å². The summed E-state index contributed by atoms with van der Waals surface area (Å²) in [5.74, 6) is 2.42. The fraction of sp³-hybridized carbons (Fsp3) is 0.588. The van der Waals surface area contributed by atoms with E-state index < -0.39 is 0 Å². The molecule has 1 saturated heterocycles. The molecule has 1 heterocycles. The van der Waals surface area contributed by atoms with Crippen molar-refractivity contribution >= 4 is 35.2 Å². The summed E-state index contributed by atoms with van der Waals surface area (Å²) < 4.78 is 0.480. The van der Waals surface area contributed by atoms with Gasteiger partial charge in [0.15, 0.2) is 0 Å². The van der Waals surface area contributed by atoms with Crippen molar-refractivity contribution in [3.8, 4) is 0 Å². The van der Waals surface area contributed by atoms with Crippen LogP contribution in [0.5, 0.6) is 0 Å². The molecule has 23 heavy (non-hydrogen) atoms. The predicted molar refractivity (Wildman–Crippen MR) is 99.1 cm³/mol. The first-order valence-corrected chi connectivity index (χ1v) is 10.4. The highest BCUT2D eigenvalue weighted by Crippen LogP contribution is 2.44. The maximum Gasteiger partial charge on any atom is 0.319 e. The lowest BCUT2D eigenvalue weighted by molar-refractivity contribution is 0.118. The molecular weight excluding hydrogens is 328 g/mol. The Bertz CT molecular complexity index is 527. The minimum absolute atomic E-state index is 0.146. The van der Waals surface area contributed by atoms with Crippen LogP contribution in [0, 0.1) is 0 Å². The quantitative estimate of drug-likeness (QED) is 0.770. The van der Waals surface area contributed by atoms with E-state index in [-0.39, 0.29) is 18.2 Å². The van der Waals surface area contributed by atoms with Crippen molar-refractivity contribution in [2.45, 2.75) is 48.8 Å². The topological polar surface area (TPSA) is 61.4 Å². The van der Waals surface area contributed by atoms with Gasteiger partial charge in [0.25, 0.3) is 0 Å². The number of aliphatic hydroxyl groups excluding tert-OH is 1. The van der Waals surface area contributed by atoms with Gasteiger partial charge in [-0.2, -0.15) is 0 Å². The summed E-state index contributed by atoms with van der Waals surface area (Å²) in [6, 6.07) is 8.20. The Hall–Kier alpha value is -0.850. The third-order valence-electron chi connectivity index (χ3n) is 4.28. The lowest BCUT2D eigenvalue weighted by Crippen LogP contribution is -2.40. The lowest BCUT2D eigenvalue weighted by atomic mass is 9.93. The molecule has 1 aromatic rings. The number of carbonyl (C=O) groups excluding carboxylic acids is 1. The van der Waals surface area contributed by atoms with Crippen LogP contribution in [-0.2, 0) is 0 Å². The number of urea groups is 1. The van der Waals surface area contributed by atoms with Crippen LogP contribution in [-0.4, -0.2) is 34.8 Å². The van der Waals surface area contributed by atoms with Gasteiger partial charge in [-0.3, -0.25) is 0 Å². The molecule has 2 fully saturated rings. The van der Waals surface area contributed by atoms with E-state index in [0.29, 0.717) is 4.58 Å². The maximum absolute atomic E-state index is 12.2. The molecule has 1 saturated carbocycles. The van der Waals surface area contributed by atoms with E-state index in [2.05, 4.69) is 22.8 Å². The van der Waals surface area contributed by atoms with Gasteiger partial charge in [-0.15, -0.1) is 23.5 Å². The van der Waals surface area contributed by atoms with E-state index in [1.807, 2.05) is 35.7 Å². The van der Waals surface area contributed by atoms with E-state index in [0.717, 1.165) is 31.4 Å². The van der Waals surface area contributed by atoms with E-state index in [9.17, 15) is 9.90 Å². The molecule has 1 aromatic carbocycles. The third-order valence-corrected chi connectivity index (χ3v) is 7.29. The molecule has 0 bridgehead atoms. The van der Waals surface area contributed by atoms with Crippen molar-refractivity contribution in [3.05, 3.63) is 29.8 Å². The van der Waals surface area contributed by atoms with Gasteiger partial charge in [0.05, 0.1) is 10.7 Å². The van der Waals surface area contributed by atoms with Gasteiger partial charge in [-0.25, -0.2) is 4.79 Å². The van der Waals surface area contributed by atoms with Gasteiger partial charge in [0.2, 0.25) is 0 Å². The molecule has 1 aliphatic heterocycles. The van der Waals surface area contributed by atoms with E-state index in [1.54, 1.807) is 0 Å². The first-order chi connectivity index (χ1) is 11.2. The van der Waals surface area contributed by atoms with Crippen molar-refractivity contribution in [2.24, 2.45) is 0 Å². The highest BCUT2D eigenvalue weighted by molar-refractivity contribution is 8.16. The zero-order valence-electron chi connectivity index (χ0n) is 13.2. The fourth-order valence-electron chi connectivity index (χ4n) is 3.02.